The van der Waals surface area contributed by atoms with Crippen LogP contribution in [0.5, 0.6) is 5.75 Å². The number of para-hydroxylation sites is 1. The highest BCUT2D eigenvalue weighted by Crippen LogP contribution is 2.15. The topological polar surface area (TPSA) is 93.7 Å². The predicted molar refractivity (Wildman–Crippen MR) is 81.7 cm³/mol. The van der Waals surface area contributed by atoms with Gasteiger partial charge in [-0.3, -0.25) is 9.59 Å². The number of carbonyl (C=O) groups excluding carboxylic acids is 3. The summed E-state index contributed by atoms with van der Waals surface area (Å²) in [7, 11) is 1.24. The van der Waals surface area contributed by atoms with E-state index in [1.54, 1.807) is 24.3 Å². The second-order valence-corrected chi connectivity index (χ2v) is 5.57. The maximum atomic E-state index is 12.2. The van der Waals surface area contributed by atoms with Gasteiger partial charge >= 0.3 is 5.97 Å². The molecule has 1 aliphatic heterocycles. The summed E-state index contributed by atoms with van der Waals surface area (Å²) >= 11 is 0. The number of amides is 2. The second kappa shape index (κ2) is 7.13. The average molecular weight is 320 g/mol. The summed E-state index contributed by atoms with van der Waals surface area (Å²) in [6, 6.07) is 8.31. The van der Waals surface area contributed by atoms with Gasteiger partial charge in [-0.2, -0.15) is 0 Å². The molecular weight excluding hydrogens is 300 g/mol. The van der Waals surface area contributed by atoms with Crippen molar-refractivity contribution in [2.75, 3.05) is 13.7 Å². The van der Waals surface area contributed by atoms with Crippen LogP contribution in [0.1, 0.15) is 19.8 Å². The molecule has 1 aromatic carbocycles. The van der Waals surface area contributed by atoms with E-state index >= 15 is 0 Å². The molecule has 0 saturated carbocycles. The Morgan fingerprint density at radius 3 is 2.61 bits per heavy atom. The van der Waals surface area contributed by atoms with Crippen molar-refractivity contribution < 1.29 is 23.9 Å². The predicted octanol–water partition coefficient (Wildman–Crippen LogP) is 0.392. The number of carbonyl (C=O) groups is 3. The lowest BCUT2D eigenvalue weighted by atomic mass is 10.0. The molecule has 0 bridgehead atoms. The van der Waals surface area contributed by atoms with E-state index in [4.69, 9.17) is 9.47 Å². The first kappa shape index (κ1) is 16.8. The van der Waals surface area contributed by atoms with Crippen molar-refractivity contribution in [3.8, 4) is 5.75 Å². The molecule has 124 valence electrons. The summed E-state index contributed by atoms with van der Waals surface area (Å²) in [5.41, 5.74) is -1.35. The third-order valence-electron chi connectivity index (χ3n) is 3.62. The van der Waals surface area contributed by atoms with E-state index in [0.717, 1.165) is 0 Å². The molecular formula is C16H20N2O5. The summed E-state index contributed by atoms with van der Waals surface area (Å²) in [5, 5.41) is 5.19. The van der Waals surface area contributed by atoms with Crippen LogP contribution in [0.4, 0.5) is 0 Å². The zero-order chi connectivity index (χ0) is 16.9. The minimum absolute atomic E-state index is 0.0872. The van der Waals surface area contributed by atoms with Gasteiger partial charge in [0.05, 0.1) is 7.11 Å². The highest BCUT2D eigenvalue weighted by Gasteiger charge is 2.40. The lowest BCUT2D eigenvalue weighted by molar-refractivity contribution is -0.151. The molecule has 0 aromatic heterocycles. The number of rotatable bonds is 6. The first-order chi connectivity index (χ1) is 10.9. The molecule has 0 spiro atoms. The fraction of sp³-hybridized carbons (Fsp3) is 0.438. The molecule has 0 aliphatic carbocycles. The third-order valence-corrected chi connectivity index (χ3v) is 3.62. The maximum Gasteiger partial charge on any atom is 0.334 e. The number of esters is 1. The number of benzene rings is 1. The smallest absolute Gasteiger partial charge is 0.334 e. The van der Waals surface area contributed by atoms with Crippen molar-refractivity contribution >= 4 is 17.8 Å². The van der Waals surface area contributed by atoms with Crippen LogP contribution >= 0.6 is 0 Å². The second-order valence-electron chi connectivity index (χ2n) is 5.57. The standard InChI is InChI=1S/C16H20N2O5/c1-16(15(21)22-2,10-23-11-6-4-3-5-7-11)18-14(20)12-8-9-13(19)17-12/h3-7,12H,8-10H2,1-2H3,(H,17,19)(H,18,20)/t12-,16+/m0/s1. The van der Waals surface area contributed by atoms with Crippen LogP contribution in [0, 0.1) is 0 Å². The van der Waals surface area contributed by atoms with Gasteiger partial charge in [-0.25, -0.2) is 4.79 Å². The van der Waals surface area contributed by atoms with E-state index in [1.807, 2.05) is 6.07 Å². The van der Waals surface area contributed by atoms with Crippen LogP contribution in [0.25, 0.3) is 0 Å². The number of hydrogen-bond donors (Lipinski definition) is 2. The molecule has 0 radical (unpaired) electrons. The van der Waals surface area contributed by atoms with Gasteiger partial charge in [0, 0.05) is 6.42 Å². The molecule has 1 aromatic rings. The molecule has 23 heavy (non-hydrogen) atoms. The molecule has 1 fully saturated rings. The SMILES string of the molecule is COC(=O)[C@@](C)(COc1ccccc1)NC(=O)[C@@H]1CCC(=O)N1. The summed E-state index contributed by atoms with van der Waals surface area (Å²) in [4.78, 5) is 35.5. The molecule has 2 atom stereocenters. The Bertz CT molecular complexity index is 589. The van der Waals surface area contributed by atoms with Crippen LogP contribution in [-0.2, 0) is 19.1 Å². The Labute approximate surface area is 134 Å². The average Bonchev–Trinajstić information content (AvgIpc) is 3.00. The van der Waals surface area contributed by atoms with Gasteiger partial charge in [-0.05, 0) is 25.5 Å². The van der Waals surface area contributed by atoms with Crippen LogP contribution in [0.3, 0.4) is 0 Å². The lowest BCUT2D eigenvalue weighted by Crippen LogP contribution is -2.59. The number of ether oxygens (including phenoxy) is 2. The van der Waals surface area contributed by atoms with Crippen LogP contribution in [0.15, 0.2) is 30.3 Å². The third kappa shape index (κ3) is 4.21. The maximum absolute atomic E-state index is 12.2. The zero-order valence-electron chi connectivity index (χ0n) is 13.1. The Hall–Kier alpha value is -2.57. The van der Waals surface area contributed by atoms with Gasteiger partial charge in [0.25, 0.3) is 0 Å². The van der Waals surface area contributed by atoms with Gasteiger partial charge in [0.15, 0.2) is 5.54 Å². The lowest BCUT2D eigenvalue weighted by Gasteiger charge is -2.29. The molecule has 0 unspecified atom stereocenters. The van der Waals surface area contributed by atoms with E-state index in [0.29, 0.717) is 18.6 Å². The highest BCUT2D eigenvalue weighted by molar-refractivity contribution is 5.94. The van der Waals surface area contributed by atoms with Gasteiger partial charge < -0.3 is 20.1 Å². The van der Waals surface area contributed by atoms with Gasteiger partial charge in [0.2, 0.25) is 11.8 Å². The van der Waals surface area contributed by atoms with Gasteiger partial charge in [-0.15, -0.1) is 0 Å². The minimum atomic E-state index is -1.35. The fourth-order valence-corrected chi connectivity index (χ4v) is 2.29. The van der Waals surface area contributed by atoms with E-state index < -0.39 is 23.5 Å². The summed E-state index contributed by atoms with van der Waals surface area (Å²) in [6.45, 7) is 1.44. The van der Waals surface area contributed by atoms with E-state index in [9.17, 15) is 14.4 Å². The minimum Gasteiger partial charge on any atom is -0.491 e. The van der Waals surface area contributed by atoms with Crippen molar-refractivity contribution in [3.05, 3.63) is 30.3 Å². The molecule has 7 nitrogen and oxygen atoms in total. The molecule has 7 heteroatoms. The molecule has 2 rings (SSSR count). The summed E-state index contributed by atoms with van der Waals surface area (Å²) in [6.07, 6.45) is 0.703. The van der Waals surface area contributed by atoms with Gasteiger partial charge in [-0.1, -0.05) is 18.2 Å². The Morgan fingerprint density at radius 2 is 2.04 bits per heavy atom. The summed E-state index contributed by atoms with van der Waals surface area (Å²) < 4.78 is 10.3. The Kier molecular flexibility index (Phi) is 5.20. The van der Waals surface area contributed by atoms with Crippen LogP contribution < -0.4 is 15.4 Å². The van der Waals surface area contributed by atoms with Crippen LogP contribution in [0.2, 0.25) is 0 Å². The first-order valence-electron chi connectivity index (χ1n) is 7.32. The van der Waals surface area contributed by atoms with Crippen molar-refractivity contribution in [1.29, 1.82) is 0 Å². The molecule has 1 saturated heterocycles. The fourth-order valence-electron chi connectivity index (χ4n) is 2.29. The quantitative estimate of drug-likeness (QED) is 0.740. The van der Waals surface area contributed by atoms with Crippen molar-refractivity contribution in [2.24, 2.45) is 0 Å². The highest BCUT2D eigenvalue weighted by atomic mass is 16.5. The van der Waals surface area contributed by atoms with E-state index in [-0.39, 0.29) is 12.5 Å². The Morgan fingerprint density at radius 1 is 1.35 bits per heavy atom. The molecule has 2 amide bonds. The number of nitrogens with one attached hydrogen (secondary N) is 2. The molecule has 1 aliphatic rings. The monoisotopic (exact) mass is 320 g/mol. The summed E-state index contributed by atoms with van der Waals surface area (Å²) in [5.74, 6) is -0.650. The number of methoxy groups -OCH3 is 1. The van der Waals surface area contributed by atoms with Gasteiger partial charge in [0.1, 0.15) is 18.4 Å². The Balaban J connectivity index is 2.04. The zero-order valence-corrected chi connectivity index (χ0v) is 13.1. The van der Waals surface area contributed by atoms with E-state index in [1.165, 1.54) is 14.0 Å². The largest absolute Gasteiger partial charge is 0.491 e. The van der Waals surface area contributed by atoms with Crippen molar-refractivity contribution in [3.63, 3.8) is 0 Å². The molecule has 2 N–H and O–H groups in total. The van der Waals surface area contributed by atoms with Crippen LogP contribution in [-0.4, -0.2) is 43.1 Å². The first-order valence-corrected chi connectivity index (χ1v) is 7.32. The number of hydrogen-bond acceptors (Lipinski definition) is 5. The van der Waals surface area contributed by atoms with E-state index in [2.05, 4.69) is 10.6 Å². The van der Waals surface area contributed by atoms with Crippen molar-refractivity contribution in [2.45, 2.75) is 31.3 Å². The molecule has 1 heterocycles. The van der Waals surface area contributed by atoms with Crippen molar-refractivity contribution in [1.82, 2.24) is 10.6 Å². The normalized spacial score (nSPS) is 19.4.